The van der Waals surface area contributed by atoms with Crippen LogP contribution in [0.3, 0.4) is 0 Å². The molecule has 0 amide bonds. The Morgan fingerprint density at radius 3 is 0.829 bits per heavy atom. The highest BCUT2D eigenvalue weighted by atomic mass is 15.2. The van der Waals surface area contributed by atoms with Gasteiger partial charge >= 0.3 is 0 Å². The minimum Gasteiger partial charge on any atom is -0.309 e. The van der Waals surface area contributed by atoms with Crippen LogP contribution in [-0.2, 0) is 10.8 Å². The summed E-state index contributed by atoms with van der Waals surface area (Å²) in [6.45, 7) is 0. The largest absolute Gasteiger partial charge is 0.309 e. The molecule has 0 heterocycles. The van der Waals surface area contributed by atoms with Gasteiger partial charge in [-0.05, 0) is 126 Å². The Balaban J connectivity index is 0.970. The molecule has 0 atom stereocenters. The third kappa shape index (κ3) is 6.88. The van der Waals surface area contributed by atoms with Crippen LogP contribution in [0.4, 0.5) is 34.1 Å². The number of hydrogen-bond acceptors (Lipinski definition) is 2. The van der Waals surface area contributed by atoms with E-state index in [2.05, 4.69) is 337 Å². The number of rotatable bonds is 10. The average molecular weight is 1040 g/mol. The minimum atomic E-state index is -0.555. The summed E-state index contributed by atoms with van der Waals surface area (Å²) in [4.78, 5) is 5.08. The fourth-order valence-corrected chi connectivity index (χ4v) is 14.6. The molecule has 0 saturated carbocycles. The molecule has 0 saturated heterocycles. The Hall–Kier alpha value is -10.5. The molecular weight excluding hydrogens is 989 g/mol. The van der Waals surface area contributed by atoms with Crippen LogP contribution in [0, 0.1) is 0 Å². The Morgan fingerprint density at radius 1 is 0.195 bits per heavy atom. The van der Waals surface area contributed by atoms with Gasteiger partial charge in [-0.15, -0.1) is 0 Å². The smallest absolute Gasteiger partial charge is 0.0714 e. The number of nitrogens with zero attached hydrogens (tertiary/aromatic N) is 2. The fraction of sp³-hybridized carbons (Fsp3) is 0.0250. The first-order valence-electron chi connectivity index (χ1n) is 28.5. The van der Waals surface area contributed by atoms with E-state index in [-0.39, 0.29) is 0 Å². The predicted octanol–water partition coefficient (Wildman–Crippen LogP) is 20.8. The van der Waals surface area contributed by atoms with Gasteiger partial charge in [0.15, 0.2) is 0 Å². The third-order valence-electron chi connectivity index (χ3n) is 17.8. The standard InChI is InChI=1S/C80H54N2/c1-7-29-55(30-8-1)79(56-31-9-2-10-32-56)69-47-25-23-45-65(69)77-71(79)49-27-51-73(77)81(59-37-15-5-16-38-59)75-53-67-62-42-20-22-44-64(62)76(54-68(67)61-41-19-21-43-63(61)75)82(60-39-17-6-18-40-60)74-52-28-50-72-78(74)66-46-24-26-48-70(66)80(72,57-33-11-3-12-34-57)58-35-13-4-14-36-58/h1-54H. The van der Waals surface area contributed by atoms with Gasteiger partial charge in [0.05, 0.1) is 33.6 Å². The maximum atomic E-state index is 2.54. The lowest BCUT2D eigenvalue weighted by Gasteiger charge is -2.35. The van der Waals surface area contributed by atoms with Crippen molar-refractivity contribution in [3.63, 3.8) is 0 Å². The lowest BCUT2D eigenvalue weighted by atomic mass is 9.68. The Bertz CT molecular complexity index is 4350. The molecule has 16 rings (SSSR count). The summed E-state index contributed by atoms with van der Waals surface area (Å²) in [5.74, 6) is 0. The van der Waals surface area contributed by atoms with Crippen molar-refractivity contribution in [3.8, 4) is 22.3 Å². The third-order valence-corrected chi connectivity index (χ3v) is 17.8. The first-order valence-corrected chi connectivity index (χ1v) is 28.5. The van der Waals surface area contributed by atoms with Crippen LogP contribution >= 0.6 is 0 Å². The predicted molar refractivity (Wildman–Crippen MR) is 343 cm³/mol. The fourth-order valence-electron chi connectivity index (χ4n) is 14.6. The molecule has 0 radical (unpaired) electrons. The molecule has 0 unspecified atom stereocenters. The molecule has 2 aliphatic carbocycles. The van der Waals surface area contributed by atoms with Gasteiger partial charge in [0.25, 0.3) is 0 Å². The number of fused-ring (bicyclic) bond motifs is 11. The second kappa shape index (κ2) is 19.1. The van der Waals surface area contributed by atoms with E-state index in [0.717, 1.165) is 44.9 Å². The Morgan fingerprint density at radius 2 is 0.476 bits per heavy atom. The quantitative estimate of drug-likeness (QED) is 0.126. The SMILES string of the molecule is c1ccc(N(c2cccc3c2-c2ccccc2C3(c2ccccc2)c2ccccc2)c2cc3c4ccccc4c(N(c4ccccc4)c4cccc5c4-c4ccccc4C5(c4ccccc4)c4ccccc4)cc3c3ccccc23)cc1. The van der Waals surface area contributed by atoms with Crippen molar-refractivity contribution in [2.75, 3.05) is 9.80 Å². The normalized spacial score (nSPS) is 13.3. The van der Waals surface area contributed by atoms with Crippen molar-refractivity contribution in [3.05, 3.63) is 372 Å². The number of para-hydroxylation sites is 2. The highest BCUT2D eigenvalue weighted by Gasteiger charge is 2.49. The topological polar surface area (TPSA) is 6.48 Å². The van der Waals surface area contributed by atoms with Crippen molar-refractivity contribution in [2.24, 2.45) is 0 Å². The van der Waals surface area contributed by atoms with Crippen LogP contribution in [0.5, 0.6) is 0 Å². The summed E-state index contributed by atoms with van der Waals surface area (Å²) < 4.78 is 0. The van der Waals surface area contributed by atoms with E-state index in [4.69, 9.17) is 0 Å². The lowest BCUT2D eigenvalue weighted by Crippen LogP contribution is -2.28. The highest BCUT2D eigenvalue weighted by Crippen LogP contribution is 2.62. The lowest BCUT2D eigenvalue weighted by molar-refractivity contribution is 0.768. The molecule has 14 aromatic rings. The summed E-state index contributed by atoms with van der Waals surface area (Å²) in [6.07, 6.45) is 0. The first-order chi connectivity index (χ1) is 40.7. The minimum absolute atomic E-state index is 0.555. The van der Waals surface area contributed by atoms with Crippen molar-refractivity contribution in [1.82, 2.24) is 0 Å². The molecule has 384 valence electrons. The molecule has 14 aromatic carbocycles. The zero-order valence-corrected chi connectivity index (χ0v) is 45.1. The van der Waals surface area contributed by atoms with Crippen LogP contribution in [0.1, 0.15) is 44.5 Å². The number of benzene rings is 14. The van der Waals surface area contributed by atoms with Crippen molar-refractivity contribution in [2.45, 2.75) is 10.8 Å². The molecule has 82 heavy (non-hydrogen) atoms. The van der Waals surface area contributed by atoms with Crippen LogP contribution in [0.2, 0.25) is 0 Å². The zero-order valence-electron chi connectivity index (χ0n) is 45.1. The molecule has 2 heteroatoms. The summed E-state index contributed by atoms with van der Waals surface area (Å²) in [5, 5.41) is 7.07. The molecule has 0 spiro atoms. The molecular formula is C80H54N2. The van der Waals surface area contributed by atoms with E-state index in [1.54, 1.807) is 0 Å². The molecule has 0 bridgehead atoms. The monoisotopic (exact) mass is 1040 g/mol. The second-order valence-corrected chi connectivity index (χ2v) is 21.8. The van der Waals surface area contributed by atoms with Crippen molar-refractivity contribution in [1.29, 1.82) is 0 Å². The van der Waals surface area contributed by atoms with Gasteiger partial charge in [0.1, 0.15) is 0 Å². The van der Waals surface area contributed by atoms with Crippen LogP contribution in [-0.4, -0.2) is 0 Å². The van der Waals surface area contributed by atoms with E-state index in [1.807, 2.05) is 0 Å². The molecule has 0 aromatic heterocycles. The van der Waals surface area contributed by atoms with Gasteiger partial charge in [0, 0.05) is 33.3 Å². The van der Waals surface area contributed by atoms with Gasteiger partial charge in [-0.1, -0.05) is 279 Å². The Labute approximate surface area is 478 Å². The molecule has 0 aliphatic heterocycles. The van der Waals surface area contributed by atoms with E-state index >= 15 is 0 Å². The van der Waals surface area contributed by atoms with Gasteiger partial charge < -0.3 is 9.80 Å². The van der Waals surface area contributed by atoms with Crippen molar-refractivity contribution >= 4 is 66.4 Å². The van der Waals surface area contributed by atoms with Gasteiger partial charge in [-0.25, -0.2) is 0 Å². The maximum absolute atomic E-state index is 2.54. The zero-order chi connectivity index (χ0) is 54.2. The summed E-state index contributed by atoms with van der Waals surface area (Å²) in [5.41, 5.74) is 20.6. The van der Waals surface area contributed by atoms with Crippen molar-refractivity contribution < 1.29 is 0 Å². The molecule has 2 nitrogen and oxygen atoms in total. The van der Waals surface area contributed by atoms with E-state index in [9.17, 15) is 0 Å². The summed E-state index contributed by atoms with van der Waals surface area (Å²) in [7, 11) is 0. The Kier molecular flexibility index (Phi) is 11.0. The number of hydrogen-bond donors (Lipinski definition) is 0. The summed E-state index contributed by atoms with van der Waals surface area (Å²) >= 11 is 0. The van der Waals surface area contributed by atoms with Crippen LogP contribution in [0.25, 0.3) is 54.6 Å². The van der Waals surface area contributed by atoms with E-state index in [1.165, 1.54) is 88.3 Å². The van der Waals surface area contributed by atoms with Crippen LogP contribution < -0.4 is 9.80 Å². The van der Waals surface area contributed by atoms with Gasteiger partial charge in [0.2, 0.25) is 0 Å². The second-order valence-electron chi connectivity index (χ2n) is 21.8. The van der Waals surface area contributed by atoms with Gasteiger partial charge in [-0.3, -0.25) is 0 Å². The highest BCUT2D eigenvalue weighted by molar-refractivity contribution is 6.25. The number of anilines is 6. The van der Waals surface area contributed by atoms with E-state index < -0.39 is 10.8 Å². The van der Waals surface area contributed by atoms with Gasteiger partial charge in [-0.2, -0.15) is 0 Å². The van der Waals surface area contributed by atoms with Crippen LogP contribution in [0.15, 0.2) is 328 Å². The molecule has 0 fully saturated rings. The molecule has 2 aliphatic rings. The first kappa shape index (κ1) is 47.5. The average Bonchev–Trinajstić information content (AvgIpc) is 3.31. The maximum Gasteiger partial charge on any atom is 0.0714 e. The van der Waals surface area contributed by atoms with E-state index in [0.29, 0.717) is 0 Å². The molecule has 0 N–H and O–H groups in total. The summed E-state index contributed by atoms with van der Waals surface area (Å²) in [6, 6.07) is 122.